The number of carbonyl (C=O) groups excluding carboxylic acids is 1. The Morgan fingerprint density at radius 3 is 2.67 bits per heavy atom. The van der Waals surface area contributed by atoms with Crippen molar-refractivity contribution in [2.45, 2.75) is 17.3 Å². The normalized spacial score (nSPS) is 11.9. The zero-order valence-corrected chi connectivity index (χ0v) is 14.5. The summed E-state index contributed by atoms with van der Waals surface area (Å²) in [5, 5.41) is 4.16. The fraction of sp³-hybridized carbons (Fsp3) is 0.158. The third-order valence-electron chi connectivity index (χ3n) is 3.71. The smallest absolute Gasteiger partial charge is 0.255 e. The van der Waals surface area contributed by atoms with E-state index >= 15 is 0 Å². The standard InChI is InChI=1S/C19H19N3OS/c1-14(24-19-20-11-12-22(19)2)16-9-6-10-17(13-16)21-18(23)15-7-4-3-5-8-15/h3-14H,1-2H3,(H,21,23). The Kier molecular flexibility index (Phi) is 5.01. The number of hydrogen-bond acceptors (Lipinski definition) is 3. The van der Waals surface area contributed by atoms with Gasteiger partial charge in [0.05, 0.1) is 0 Å². The van der Waals surface area contributed by atoms with E-state index in [2.05, 4.69) is 23.3 Å². The van der Waals surface area contributed by atoms with Crippen molar-refractivity contribution in [1.82, 2.24) is 9.55 Å². The van der Waals surface area contributed by atoms with Gasteiger partial charge in [-0.3, -0.25) is 4.79 Å². The molecule has 122 valence electrons. The maximum Gasteiger partial charge on any atom is 0.255 e. The number of benzene rings is 2. The van der Waals surface area contributed by atoms with E-state index in [4.69, 9.17) is 0 Å². The molecule has 4 nitrogen and oxygen atoms in total. The first kappa shape index (κ1) is 16.3. The van der Waals surface area contributed by atoms with Crippen LogP contribution >= 0.6 is 11.8 Å². The van der Waals surface area contributed by atoms with Crippen LogP contribution in [0.25, 0.3) is 0 Å². The van der Waals surface area contributed by atoms with E-state index < -0.39 is 0 Å². The van der Waals surface area contributed by atoms with Gasteiger partial charge in [-0.05, 0) is 36.8 Å². The number of nitrogens with one attached hydrogen (secondary N) is 1. The van der Waals surface area contributed by atoms with Crippen LogP contribution in [0.2, 0.25) is 0 Å². The minimum atomic E-state index is -0.0999. The van der Waals surface area contributed by atoms with Gasteiger partial charge in [0.25, 0.3) is 5.91 Å². The van der Waals surface area contributed by atoms with E-state index in [9.17, 15) is 4.79 Å². The number of aromatic nitrogens is 2. The third kappa shape index (κ3) is 3.86. The zero-order chi connectivity index (χ0) is 16.9. The molecule has 0 aliphatic heterocycles. The van der Waals surface area contributed by atoms with Crippen molar-refractivity contribution in [3.63, 3.8) is 0 Å². The summed E-state index contributed by atoms with van der Waals surface area (Å²) >= 11 is 1.69. The van der Waals surface area contributed by atoms with Gasteiger partial charge in [-0.25, -0.2) is 4.98 Å². The van der Waals surface area contributed by atoms with Gasteiger partial charge in [0.1, 0.15) is 0 Å². The molecule has 24 heavy (non-hydrogen) atoms. The van der Waals surface area contributed by atoms with E-state index in [1.54, 1.807) is 30.1 Å². The molecule has 3 rings (SSSR count). The first-order chi connectivity index (χ1) is 11.6. The molecule has 0 saturated carbocycles. The van der Waals surface area contributed by atoms with Gasteiger partial charge in [-0.15, -0.1) is 0 Å². The number of imidazole rings is 1. The Labute approximate surface area is 145 Å². The van der Waals surface area contributed by atoms with Crippen LogP contribution in [0.3, 0.4) is 0 Å². The summed E-state index contributed by atoms with van der Waals surface area (Å²) in [7, 11) is 1.98. The van der Waals surface area contributed by atoms with Gasteiger partial charge in [-0.1, -0.05) is 42.1 Å². The molecule has 1 unspecified atom stereocenters. The molecule has 0 aliphatic carbocycles. The lowest BCUT2D eigenvalue weighted by molar-refractivity contribution is 0.102. The summed E-state index contributed by atoms with van der Waals surface area (Å²) in [6.07, 6.45) is 3.73. The molecule has 1 aromatic heterocycles. The van der Waals surface area contributed by atoms with E-state index in [0.29, 0.717) is 5.56 Å². The van der Waals surface area contributed by atoms with E-state index in [1.165, 1.54) is 0 Å². The van der Waals surface area contributed by atoms with Crippen molar-refractivity contribution < 1.29 is 4.79 Å². The van der Waals surface area contributed by atoms with Crippen molar-refractivity contribution in [2.24, 2.45) is 7.05 Å². The summed E-state index contributed by atoms with van der Waals surface area (Å²) in [6.45, 7) is 2.14. The summed E-state index contributed by atoms with van der Waals surface area (Å²) in [5.74, 6) is -0.0999. The van der Waals surface area contributed by atoms with Crippen molar-refractivity contribution in [3.05, 3.63) is 78.1 Å². The quantitative estimate of drug-likeness (QED) is 0.696. The molecule has 1 amide bonds. The van der Waals surface area contributed by atoms with Crippen LogP contribution in [0.4, 0.5) is 5.69 Å². The fourth-order valence-electron chi connectivity index (χ4n) is 2.35. The van der Waals surface area contributed by atoms with Crippen molar-refractivity contribution in [3.8, 4) is 0 Å². The predicted octanol–water partition coefficient (Wildman–Crippen LogP) is 4.53. The molecule has 0 bridgehead atoms. The fourth-order valence-corrected chi connectivity index (χ4v) is 3.30. The van der Waals surface area contributed by atoms with Crippen LogP contribution in [0, 0.1) is 0 Å². The Bertz CT molecular complexity index is 829. The second-order valence-corrected chi connectivity index (χ2v) is 6.83. The number of rotatable bonds is 5. The predicted molar refractivity (Wildman–Crippen MR) is 98.3 cm³/mol. The van der Waals surface area contributed by atoms with E-state index in [1.807, 2.05) is 54.2 Å². The molecule has 5 heteroatoms. The lowest BCUT2D eigenvalue weighted by Crippen LogP contribution is -2.11. The number of thioether (sulfide) groups is 1. The number of amides is 1. The second kappa shape index (κ2) is 7.36. The van der Waals surface area contributed by atoms with E-state index in [-0.39, 0.29) is 11.2 Å². The highest BCUT2D eigenvalue weighted by atomic mass is 32.2. The van der Waals surface area contributed by atoms with Crippen molar-refractivity contribution >= 4 is 23.4 Å². The van der Waals surface area contributed by atoms with Crippen LogP contribution in [0.1, 0.15) is 28.1 Å². The highest BCUT2D eigenvalue weighted by molar-refractivity contribution is 7.99. The van der Waals surface area contributed by atoms with Crippen LogP contribution in [-0.2, 0) is 7.05 Å². The Hall–Kier alpha value is -2.53. The van der Waals surface area contributed by atoms with Crippen molar-refractivity contribution in [1.29, 1.82) is 0 Å². The maximum absolute atomic E-state index is 12.3. The SMILES string of the molecule is CC(Sc1nccn1C)c1cccc(NC(=O)c2ccccc2)c1. The van der Waals surface area contributed by atoms with Crippen molar-refractivity contribution in [2.75, 3.05) is 5.32 Å². The van der Waals surface area contributed by atoms with Gasteiger partial charge in [-0.2, -0.15) is 0 Å². The number of anilines is 1. The first-order valence-corrected chi connectivity index (χ1v) is 8.62. The number of aryl methyl sites for hydroxylation is 1. The number of carbonyl (C=O) groups is 1. The molecule has 0 fully saturated rings. The molecule has 0 aliphatic rings. The highest BCUT2D eigenvalue weighted by Crippen LogP contribution is 2.34. The van der Waals surface area contributed by atoms with Crippen LogP contribution in [-0.4, -0.2) is 15.5 Å². The Morgan fingerprint density at radius 1 is 1.17 bits per heavy atom. The van der Waals surface area contributed by atoms with Gasteiger partial charge in [0.15, 0.2) is 5.16 Å². The maximum atomic E-state index is 12.3. The molecule has 0 saturated heterocycles. The minimum Gasteiger partial charge on any atom is -0.329 e. The van der Waals surface area contributed by atoms with Crippen LogP contribution in [0.5, 0.6) is 0 Å². The summed E-state index contributed by atoms with van der Waals surface area (Å²) in [4.78, 5) is 16.6. The van der Waals surface area contributed by atoms with Crippen LogP contribution < -0.4 is 5.32 Å². The summed E-state index contributed by atoms with van der Waals surface area (Å²) in [5.41, 5.74) is 2.60. The van der Waals surface area contributed by atoms with Crippen LogP contribution in [0.15, 0.2) is 72.1 Å². The lowest BCUT2D eigenvalue weighted by Gasteiger charge is -2.13. The molecule has 0 spiro atoms. The first-order valence-electron chi connectivity index (χ1n) is 7.74. The molecular weight excluding hydrogens is 318 g/mol. The molecular formula is C19H19N3OS. The average molecular weight is 337 g/mol. The van der Waals surface area contributed by atoms with Gasteiger partial charge >= 0.3 is 0 Å². The molecule has 3 aromatic rings. The largest absolute Gasteiger partial charge is 0.329 e. The topological polar surface area (TPSA) is 46.9 Å². The third-order valence-corrected chi connectivity index (χ3v) is 4.94. The highest BCUT2D eigenvalue weighted by Gasteiger charge is 2.12. The van der Waals surface area contributed by atoms with E-state index in [0.717, 1.165) is 16.4 Å². The van der Waals surface area contributed by atoms with Gasteiger partial charge < -0.3 is 9.88 Å². The molecule has 1 heterocycles. The minimum absolute atomic E-state index is 0.0999. The second-order valence-electron chi connectivity index (χ2n) is 5.53. The summed E-state index contributed by atoms with van der Waals surface area (Å²) in [6, 6.07) is 17.2. The van der Waals surface area contributed by atoms with Gasteiger partial charge in [0, 0.05) is 35.9 Å². The molecule has 2 aromatic carbocycles. The average Bonchev–Trinajstić information content (AvgIpc) is 3.00. The number of hydrogen-bond donors (Lipinski definition) is 1. The Morgan fingerprint density at radius 2 is 1.96 bits per heavy atom. The molecule has 1 atom stereocenters. The number of nitrogens with zero attached hydrogens (tertiary/aromatic N) is 2. The lowest BCUT2D eigenvalue weighted by atomic mass is 10.1. The summed E-state index contributed by atoms with van der Waals surface area (Å²) < 4.78 is 2.00. The Balaban J connectivity index is 1.72. The van der Waals surface area contributed by atoms with Gasteiger partial charge in [0.2, 0.25) is 0 Å². The zero-order valence-electron chi connectivity index (χ0n) is 13.6. The molecule has 1 N–H and O–H groups in total. The molecule has 0 radical (unpaired) electrons. The monoisotopic (exact) mass is 337 g/mol.